The molecule has 0 radical (unpaired) electrons. The molecule has 1 rings (SSSR count). The van der Waals surface area contributed by atoms with Gasteiger partial charge in [-0.05, 0) is 57.7 Å². The first-order valence-electron chi connectivity index (χ1n) is 11.3. The Morgan fingerprint density at radius 1 is 1.00 bits per heavy atom. The van der Waals surface area contributed by atoms with Gasteiger partial charge in [0.05, 0.1) is 13.2 Å². The molecule has 0 unspecified atom stereocenters. The van der Waals surface area contributed by atoms with Gasteiger partial charge in [0.1, 0.15) is 23.4 Å². The van der Waals surface area contributed by atoms with Crippen molar-refractivity contribution in [2.75, 3.05) is 13.2 Å². The Hall–Kier alpha value is -3.30. The number of alkyl carbamates (subject to hydrolysis) is 1. The van der Waals surface area contributed by atoms with Gasteiger partial charge in [0.2, 0.25) is 11.8 Å². The maximum atomic E-state index is 12.7. The van der Waals surface area contributed by atoms with Crippen molar-refractivity contribution in [2.45, 2.75) is 72.1 Å². The Kier molecular flexibility index (Phi) is 11.3. The number of ether oxygens (including phenoxy) is 2. The van der Waals surface area contributed by atoms with E-state index < -0.39 is 48.1 Å². The monoisotopic (exact) mass is 479 g/mol. The van der Waals surface area contributed by atoms with Crippen LogP contribution in [0.25, 0.3) is 0 Å². The second-order valence-corrected chi connectivity index (χ2v) is 9.29. The van der Waals surface area contributed by atoms with Gasteiger partial charge < -0.3 is 30.5 Å². The second-order valence-electron chi connectivity index (χ2n) is 9.29. The molecule has 0 aromatic heterocycles. The number of nitrogens with one attached hydrogen (secondary N) is 3. The highest BCUT2D eigenvalue weighted by Crippen LogP contribution is 2.12. The summed E-state index contributed by atoms with van der Waals surface area (Å²) in [5, 5.41) is 17.0. The van der Waals surface area contributed by atoms with Crippen LogP contribution in [0.1, 0.15) is 53.5 Å². The van der Waals surface area contributed by atoms with Crippen molar-refractivity contribution in [2.24, 2.45) is 5.92 Å². The van der Waals surface area contributed by atoms with Crippen LogP contribution in [0, 0.1) is 5.92 Å². The van der Waals surface area contributed by atoms with Gasteiger partial charge in [0, 0.05) is 6.42 Å². The van der Waals surface area contributed by atoms with Crippen molar-refractivity contribution in [3.63, 3.8) is 0 Å². The van der Waals surface area contributed by atoms with Gasteiger partial charge in [-0.25, -0.2) is 9.59 Å². The molecule has 34 heavy (non-hydrogen) atoms. The lowest BCUT2D eigenvalue weighted by Gasteiger charge is -2.24. The Morgan fingerprint density at radius 3 is 2.15 bits per heavy atom. The van der Waals surface area contributed by atoms with E-state index in [0.29, 0.717) is 12.0 Å². The number of benzene rings is 1. The van der Waals surface area contributed by atoms with Crippen LogP contribution in [-0.4, -0.2) is 59.8 Å². The van der Waals surface area contributed by atoms with Gasteiger partial charge in [-0.15, -0.1) is 0 Å². The number of phenols is 1. The van der Waals surface area contributed by atoms with E-state index in [1.54, 1.807) is 39.8 Å². The number of phenolic OH excluding ortho intramolecular Hbond substituents is 1. The highest BCUT2D eigenvalue weighted by Gasteiger charge is 2.27. The van der Waals surface area contributed by atoms with E-state index in [-0.39, 0.29) is 24.7 Å². The summed E-state index contributed by atoms with van der Waals surface area (Å²) < 4.78 is 10.3. The molecule has 1 aromatic carbocycles. The molecule has 0 aliphatic rings. The van der Waals surface area contributed by atoms with Gasteiger partial charge >= 0.3 is 12.1 Å². The third-order valence-corrected chi connectivity index (χ3v) is 4.42. The summed E-state index contributed by atoms with van der Waals surface area (Å²) in [5.74, 6) is -1.57. The van der Waals surface area contributed by atoms with Crippen LogP contribution in [0.3, 0.4) is 0 Å². The molecule has 0 spiro atoms. The standard InChI is InChI=1S/C24H37N3O7/c1-7-33-22(31)19(13-16-8-10-17(28)11-9-16)26-20(29)14-25-21(30)18(12-15(2)3)27-23(32)34-24(4,5)6/h8-11,15,18-19,28H,7,12-14H2,1-6H3,(H,25,30)(H,26,29)(H,27,32)/t18-,19-/m1/s1. The maximum absolute atomic E-state index is 12.7. The summed E-state index contributed by atoms with van der Waals surface area (Å²) in [5.41, 5.74) is -0.0126. The van der Waals surface area contributed by atoms with E-state index in [4.69, 9.17) is 9.47 Å². The number of rotatable bonds is 11. The molecule has 0 saturated carbocycles. The maximum Gasteiger partial charge on any atom is 0.408 e. The highest BCUT2D eigenvalue weighted by atomic mass is 16.6. The minimum atomic E-state index is -0.972. The van der Waals surface area contributed by atoms with Crippen molar-refractivity contribution < 1.29 is 33.8 Å². The van der Waals surface area contributed by atoms with Crippen LogP contribution in [0.4, 0.5) is 4.79 Å². The van der Waals surface area contributed by atoms with Crippen LogP contribution in [-0.2, 0) is 30.3 Å². The van der Waals surface area contributed by atoms with Crippen LogP contribution in [0.5, 0.6) is 5.75 Å². The molecule has 1 aromatic rings. The summed E-state index contributed by atoms with van der Waals surface area (Å²) in [7, 11) is 0. The van der Waals surface area contributed by atoms with Crippen LogP contribution in [0.15, 0.2) is 24.3 Å². The molecule has 4 N–H and O–H groups in total. The minimum Gasteiger partial charge on any atom is -0.508 e. The van der Waals surface area contributed by atoms with Crippen molar-refractivity contribution in [3.05, 3.63) is 29.8 Å². The topological polar surface area (TPSA) is 143 Å². The molecule has 0 saturated heterocycles. The normalized spacial score (nSPS) is 12.9. The number of carbonyl (C=O) groups excluding carboxylic acids is 4. The fourth-order valence-corrected chi connectivity index (χ4v) is 2.99. The van der Waals surface area contributed by atoms with E-state index in [9.17, 15) is 24.3 Å². The smallest absolute Gasteiger partial charge is 0.408 e. The summed E-state index contributed by atoms with van der Waals surface area (Å²) in [6.45, 7) is 10.4. The number of esters is 1. The molecule has 0 aliphatic carbocycles. The predicted octanol–water partition coefficient (Wildman–Crippen LogP) is 2.04. The third kappa shape index (κ3) is 11.5. The van der Waals surface area contributed by atoms with Crippen LogP contribution >= 0.6 is 0 Å². The Labute approximate surface area is 200 Å². The number of hydrogen-bond acceptors (Lipinski definition) is 7. The number of aromatic hydroxyl groups is 1. The van der Waals surface area contributed by atoms with E-state index >= 15 is 0 Å². The Morgan fingerprint density at radius 2 is 1.62 bits per heavy atom. The zero-order valence-corrected chi connectivity index (χ0v) is 20.8. The van der Waals surface area contributed by atoms with Crippen LogP contribution < -0.4 is 16.0 Å². The molecule has 0 heterocycles. The molecule has 3 amide bonds. The SMILES string of the molecule is CCOC(=O)[C@@H](Cc1ccc(O)cc1)NC(=O)CNC(=O)[C@@H](CC(C)C)NC(=O)OC(C)(C)C. The molecule has 0 aliphatic heterocycles. The van der Waals surface area contributed by atoms with Gasteiger partial charge in [-0.3, -0.25) is 9.59 Å². The summed E-state index contributed by atoms with van der Waals surface area (Å²) in [6, 6.07) is 4.36. The largest absolute Gasteiger partial charge is 0.508 e. The first-order chi connectivity index (χ1) is 15.8. The fourth-order valence-electron chi connectivity index (χ4n) is 2.99. The quantitative estimate of drug-likeness (QED) is 0.356. The van der Waals surface area contributed by atoms with Gasteiger partial charge in [-0.1, -0.05) is 26.0 Å². The molecular formula is C24H37N3O7. The molecule has 0 fully saturated rings. The van der Waals surface area contributed by atoms with Crippen LogP contribution in [0.2, 0.25) is 0 Å². The molecule has 10 nitrogen and oxygen atoms in total. The molecule has 0 bridgehead atoms. The summed E-state index contributed by atoms with van der Waals surface area (Å²) >= 11 is 0. The van der Waals surface area contributed by atoms with E-state index in [2.05, 4.69) is 16.0 Å². The van der Waals surface area contributed by atoms with Gasteiger partial charge in [-0.2, -0.15) is 0 Å². The predicted molar refractivity (Wildman–Crippen MR) is 126 cm³/mol. The zero-order valence-electron chi connectivity index (χ0n) is 20.8. The van der Waals surface area contributed by atoms with Crippen molar-refractivity contribution in [3.8, 4) is 5.75 Å². The zero-order chi connectivity index (χ0) is 25.9. The third-order valence-electron chi connectivity index (χ3n) is 4.42. The highest BCUT2D eigenvalue weighted by molar-refractivity contribution is 5.91. The van der Waals surface area contributed by atoms with E-state index in [1.807, 2.05) is 13.8 Å². The van der Waals surface area contributed by atoms with Gasteiger partial charge in [0.25, 0.3) is 0 Å². The first kappa shape index (κ1) is 28.7. The lowest BCUT2D eigenvalue weighted by Crippen LogP contribution is -2.52. The van der Waals surface area contributed by atoms with Crippen molar-refractivity contribution in [1.29, 1.82) is 0 Å². The average Bonchev–Trinajstić information content (AvgIpc) is 2.71. The van der Waals surface area contributed by atoms with Crippen molar-refractivity contribution >= 4 is 23.9 Å². The van der Waals surface area contributed by atoms with Crippen molar-refractivity contribution in [1.82, 2.24) is 16.0 Å². The Bertz CT molecular complexity index is 832. The van der Waals surface area contributed by atoms with E-state index in [0.717, 1.165) is 0 Å². The molecule has 190 valence electrons. The summed E-state index contributed by atoms with van der Waals surface area (Å²) in [6.07, 6.45) is -0.234. The fraction of sp³-hybridized carbons (Fsp3) is 0.583. The molecule has 10 heteroatoms. The minimum absolute atomic E-state index is 0.0825. The molecule has 2 atom stereocenters. The second kappa shape index (κ2) is 13.4. The number of amides is 3. The number of hydrogen-bond donors (Lipinski definition) is 4. The van der Waals surface area contributed by atoms with E-state index in [1.165, 1.54) is 12.1 Å². The first-order valence-corrected chi connectivity index (χ1v) is 11.3. The summed E-state index contributed by atoms with van der Waals surface area (Å²) in [4.78, 5) is 49.6. The molecular weight excluding hydrogens is 442 g/mol. The van der Waals surface area contributed by atoms with Gasteiger partial charge in [0.15, 0.2) is 0 Å². The lowest BCUT2D eigenvalue weighted by atomic mass is 10.0. The Balaban J connectivity index is 2.75. The lowest BCUT2D eigenvalue weighted by molar-refractivity contribution is -0.147. The number of carbonyl (C=O) groups is 4. The average molecular weight is 480 g/mol.